The number of aliphatic imine (C=N–C) groups is 1. The lowest BCUT2D eigenvalue weighted by molar-refractivity contribution is 0.223. The summed E-state index contributed by atoms with van der Waals surface area (Å²) in [5.74, 6) is -0.635. The van der Waals surface area contributed by atoms with Crippen molar-refractivity contribution < 1.29 is 0 Å². The van der Waals surface area contributed by atoms with E-state index in [1.165, 1.54) is 5.56 Å². The van der Waals surface area contributed by atoms with Crippen molar-refractivity contribution in [3.63, 3.8) is 0 Å². The zero-order chi connectivity index (χ0) is 18.1. The molecule has 1 atom stereocenters. The van der Waals surface area contributed by atoms with Crippen LogP contribution in [-0.4, -0.2) is 37.6 Å². The van der Waals surface area contributed by atoms with Gasteiger partial charge in [-0.3, -0.25) is 15.6 Å². The zero-order valence-electron chi connectivity index (χ0n) is 15.2. The van der Waals surface area contributed by atoms with E-state index in [1.54, 1.807) is 0 Å². The van der Waals surface area contributed by atoms with Crippen molar-refractivity contribution in [2.75, 3.05) is 21.1 Å². The van der Waals surface area contributed by atoms with Crippen molar-refractivity contribution in [2.45, 2.75) is 11.8 Å². The molecule has 5 nitrogen and oxygen atoms in total. The van der Waals surface area contributed by atoms with E-state index in [4.69, 9.17) is 4.99 Å². The summed E-state index contributed by atoms with van der Waals surface area (Å²) >= 11 is 0. The molecule has 0 aliphatic carbocycles. The fraction of sp³-hybridized carbons (Fsp3) is 0.238. The minimum Gasteiger partial charge on any atom is -0.309 e. The van der Waals surface area contributed by atoms with Gasteiger partial charge in [-0.2, -0.15) is 0 Å². The van der Waals surface area contributed by atoms with Gasteiger partial charge in [0.25, 0.3) is 0 Å². The number of pyridine rings is 1. The number of rotatable bonds is 4. The van der Waals surface area contributed by atoms with Crippen LogP contribution >= 0.6 is 0 Å². The Bertz CT molecular complexity index is 975. The van der Waals surface area contributed by atoms with E-state index in [-0.39, 0.29) is 6.04 Å². The van der Waals surface area contributed by atoms with Crippen LogP contribution in [0.4, 0.5) is 0 Å². The Balaban J connectivity index is 1.96. The Kier molecular flexibility index (Phi) is 4.28. The highest BCUT2D eigenvalue weighted by atomic mass is 15.3. The lowest BCUT2D eigenvalue weighted by atomic mass is 9.87. The van der Waals surface area contributed by atoms with Crippen LogP contribution in [0.25, 0.3) is 10.9 Å². The first kappa shape index (κ1) is 16.8. The minimum absolute atomic E-state index is 0.00543. The molecule has 26 heavy (non-hydrogen) atoms. The second-order valence-electron chi connectivity index (χ2n) is 6.45. The maximum Gasteiger partial charge on any atom is 0.184 e. The van der Waals surface area contributed by atoms with E-state index in [9.17, 15) is 0 Å². The first-order valence-electron chi connectivity index (χ1n) is 8.82. The van der Waals surface area contributed by atoms with Crippen molar-refractivity contribution in [2.24, 2.45) is 4.99 Å². The molecule has 0 saturated carbocycles. The summed E-state index contributed by atoms with van der Waals surface area (Å²) in [5, 5.41) is 11.2. The van der Waals surface area contributed by atoms with Crippen molar-refractivity contribution in [1.29, 1.82) is 0 Å². The Morgan fingerprint density at radius 2 is 1.65 bits per heavy atom. The van der Waals surface area contributed by atoms with Crippen LogP contribution in [0, 0.1) is 0 Å². The molecule has 0 amide bonds. The molecular formula is C21H23N5. The summed E-state index contributed by atoms with van der Waals surface area (Å²) < 4.78 is 0. The van der Waals surface area contributed by atoms with Gasteiger partial charge < -0.3 is 5.32 Å². The molecule has 1 unspecified atom stereocenters. The first-order chi connectivity index (χ1) is 12.7. The van der Waals surface area contributed by atoms with Crippen molar-refractivity contribution >= 4 is 16.6 Å². The van der Waals surface area contributed by atoms with Gasteiger partial charge in [0.05, 0.1) is 17.3 Å². The van der Waals surface area contributed by atoms with Crippen LogP contribution in [0.15, 0.2) is 65.8 Å². The first-order valence-corrected chi connectivity index (χ1v) is 8.82. The molecule has 132 valence electrons. The summed E-state index contributed by atoms with van der Waals surface area (Å²) in [6.45, 7) is 0. The molecule has 5 heteroatoms. The highest BCUT2D eigenvalue weighted by molar-refractivity contribution is 6.15. The Labute approximate surface area is 153 Å². The predicted molar refractivity (Wildman–Crippen MR) is 106 cm³/mol. The molecule has 0 fully saturated rings. The van der Waals surface area contributed by atoms with Crippen LogP contribution in [0.1, 0.15) is 22.7 Å². The van der Waals surface area contributed by atoms with Crippen molar-refractivity contribution in [1.82, 2.24) is 20.9 Å². The zero-order valence-corrected chi connectivity index (χ0v) is 15.2. The SMILES string of the molecule is CNC1c2ccccc2C(c2cnc3ccccc3c2)=NC1(NC)NC. The molecule has 1 aromatic heterocycles. The summed E-state index contributed by atoms with van der Waals surface area (Å²) in [7, 11) is 5.81. The Hall–Kier alpha value is -2.60. The Morgan fingerprint density at radius 1 is 0.923 bits per heavy atom. The maximum absolute atomic E-state index is 5.11. The number of fused-ring (bicyclic) bond motifs is 2. The third-order valence-electron chi connectivity index (χ3n) is 5.15. The Morgan fingerprint density at radius 3 is 2.42 bits per heavy atom. The average Bonchev–Trinajstić information content (AvgIpc) is 2.72. The van der Waals surface area contributed by atoms with Gasteiger partial charge in [-0.1, -0.05) is 42.5 Å². The van der Waals surface area contributed by atoms with Crippen LogP contribution in [-0.2, 0) is 0 Å². The van der Waals surface area contributed by atoms with Gasteiger partial charge in [0, 0.05) is 22.7 Å². The lowest BCUT2D eigenvalue weighted by Crippen LogP contribution is -2.62. The van der Waals surface area contributed by atoms with Crippen molar-refractivity contribution in [3.8, 4) is 0 Å². The van der Waals surface area contributed by atoms with Crippen LogP contribution < -0.4 is 16.0 Å². The summed E-state index contributed by atoms with van der Waals surface area (Å²) in [5.41, 5.74) is 5.28. The van der Waals surface area contributed by atoms with Crippen LogP contribution in [0.2, 0.25) is 0 Å². The number of likely N-dealkylation sites (N-methyl/N-ethyl adjacent to an activating group) is 3. The monoisotopic (exact) mass is 345 g/mol. The van der Waals surface area contributed by atoms with Gasteiger partial charge >= 0.3 is 0 Å². The molecule has 1 aliphatic rings. The lowest BCUT2D eigenvalue weighted by Gasteiger charge is -2.41. The maximum atomic E-state index is 5.11. The van der Waals surface area contributed by atoms with E-state index in [1.807, 2.05) is 45.5 Å². The summed E-state index contributed by atoms with van der Waals surface area (Å²) in [6, 6.07) is 18.7. The quantitative estimate of drug-likeness (QED) is 0.636. The predicted octanol–water partition coefficient (Wildman–Crippen LogP) is 2.44. The number of aromatic nitrogens is 1. The van der Waals surface area contributed by atoms with E-state index in [2.05, 4.69) is 57.3 Å². The van der Waals surface area contributed by atoms with Gasteiger partial charge in [-0.15, -0.1) is 0 Å². The van der Waals surface area contributed by atoms with Crippen LogP contribution in [0.3, 0.4) is 0 Å². The van der Waals surface area contributed by atoms with Gasteiger partial charge in [-0.05, 0) is 38.8 Å². The van der Waals surface area contributed by atoms with Crippen molar-refractivity contribution in [3.05, 3.63) is 77.5 Å². The molecule has 0 spiro atoms. The number of benzene rings is 2. The number of hydrogen-bond donors (Lipinski definition) is 3. The second-order valence-corrected chi connectivity index (χ2v) is 6.45. The molecule has 0 saturated heterocycles. The second kappa shape index (κ2) is 6.61. The van der Waals surface area contributed by atoms with Crippen LogP contribution in [0.5, 0.6) is 0 Å². The van der Waals surface area contributed by atoms with E-state index in [0.717, 1.165) is 27.7 Å². The molecule has 0 radical (unpaired) electrons. The highest BCUT2D eigenvalue weighted by Gasteiger charge is 2.41. The van der Waals surface area contributed by atoms with Gasteiger partial charge in [0.2, 0.25) is 0 Å². The summed E-state index contributed by atoms with van der Waals surface area (Å²) in [4.78, 5) is 9.74. The average molecular weight is 345 g/mol. The van der Waals surface area contributed by atoms with Gasteiger partial charge in [-0.25, -0.2) is 4.99 Å². The fourth-order valence-electron chi connectivity index (χ4n) is 3.80. The van der Waals surface area contributed by atoms with Gasteiger partial charge in [0.1, 0.15) is 0 Å². The molecule has 1 aliphatic heterocycles. The van der Waals surface area contributed by atoms with E-state index in [0.29, 0.717) is 0 Å². The minimum atomic E-state index is -0.635. The number of nitrogens with zero attached hydrogens (tertiary/aromatic N) is 2. The molecule has 3 aromatic rings. The van der Waals surface area contributed by atoms with E-state index < -0.39 is 5.79 Å². The third-order valence-corrected chi connectivity index (χ3v) is 5.15. The third kappa shape index (κ3) is 2.52. The standard InChI is InChI=1S/C21H23N5/c1-22-20-17-10-6-5-9-16(17)19(26-21(20,23-2)24-3)15-12-14-8-4-7-11-18(14)25-13-15/h4-13,20,22-24H,1-3H3. The highest BCUT2D eigenvalue weighted by Crippen LogP contribution is 2.34. The molecular weight excluding hydrogens is 322 g/mol. The topological polar surface area (TPSA) is 61.3 Å². The molecule has 2 heterocycles. The normalized spacial score (nSPS) is 18.4. The fourth-order valence-corrected chi connectivity index (χ4v) is 3.80. The smallest absolute Gasteiger partial charge is 0.184 e. The van der Waals surface area contributed by atoms with E-state index >= 15 is 0 Å². The largest absolute Gasteiger partial charge is 0.309 e. The number of nitrogens with one attached hydrogen (secondary N) is 3. The number of hydrogen-bond acceptors (Lipinski definition) is 5. The molecule has 4 rings (SSSR count). The number of para-hydroxylation sites is 1. The van der Waals surface area contributed by atoms with Gasteiger partial charge in [0.15, 0.2) is 5.79 Å². The molecule has 2 aromatic carbocycles. The molecule has 0 bridgehead atoms. The molecule has 3 N–H and O–H groups in total. The summed E-state index contributed by atoms with van der Waals surface area (Å²) in [6.07, 6.45) is 1.91.